The fourth-order valence-electron chi connectivity index (χ4n) is 1.37. The van der Waals surface area contributed by atoms with Crippen LogP contribution in [0.5, 0.6) is 0 Å². The Kier molecular flexibility index (Phi) is 4.20. The second-order valence-corrected chi connectivity index (χ2v) is 4.59. The molecule has 0 aliphatic rings. The van der Waals surface area contributed by atoms with E-state index in [4.69, 9.17) is 5.11 Å². The van der Waals surface area contributed by atoms with E-state index in [1.165, 1.54) is 6.20 Å². The van der Waals surface area contributed by atoms with Gasteiger partial charge in [0.2, 0.25) is 5.13 Å². The summed E-state index contributed by atoms with van der Waals surface area (Å²) < 4.78 is 3.94. The van der Waals surface area contributed by atoms with E-state index in [9.17, 15) is 9.59 Å². The molecular weight excluding hydrogens is 282 g/mol. The molecule has 0 saturated heterocycles. The van der Waals surface area contributed by atoms with Crippen molar-refractivity contribution >= 4 is 34.4 Å². The van der Waals surface area contributed by atoms with Crippen molar-refractivity contribution in [2.75, 3.05) is 10.6 Å². The first kappa shape index (κ1) is 13.9. The van der Waals surface area contributed by atoms with E-state index in [-0.39, 0.29) is 6.42 Å². The summed E-state index contributed by atoms with van der Waals surface area (Å²) in [4.78, 5) is 30.1. The normalized spacial score (nSPS) is 10.1. The minimum atomic E-state index is -0.956. The number of amides is 2. The fraction of sp³-hybridized carbons (Fsp3) is 0.182. The number of carboxylic acids is 1. The maximum absolute atomic E-state index is 11.6. The van der Waals surface area contributed by atoms with Crippen molar-refractivity contribution in [2.45, 2.75) is 13.3 Å². The van der Waals surface area contributed by atoms with Crippen molar-refractivity contribution in [3.63, 3.8) is 0 Å². The molecule has 2 rings (SSSR count). The number of carbonyl (C=O) groups excluding carboxylic acids is 1. The minimum absolute atomic E-state index is 0.156. The number of hydrogen-bond donors (Lipinski definition) is 3. The zero-order valence-corrected chi connectivity index (χ0v) is 11.3. The third kappa shape index (κ3) is 3.99. The third-order valence-corrected chi connectivity index (χ3v) is 2.88. The molecule has 3 N–H and O–H groups in total. The van der Waals surface area contributed by atoms with Gasteiger partial charge in [0.25, 0.3) is 0 Å². The van der Waals surface area contributed by atoms with Gasteiger partial charge in [0, 0.05) is 11.5 Å². The highest BCUT2D eigenvalue weighted by Gasteiger charge is 2.07. The van der Waals surface area contributed by atoms with Crippen LogP contribution in [-0.4, -0.2) is 31.4 Å². The summed E-state index contributed by atoms with van der Waals surface area (Å²) in [6, 6.07) is 2.66. The fourth-order valence-corrected chi connectivity index (χ4v) is 1.94. The lowest BCUT2D eigenvalue weighted by atomic mass is 10.2. The predicted molar refractivity (Wildman–Crippen MR) is 72.9 cm³/mol. The molecule has 2 amide bonds. The molecular formula is C11H11N5O3S. The molecule has 0 aliphatic carbocycles. The van der Waals surface area contributed by atoms with Crippen molar-refractivity contribution in [2.24, 2.45) is 0 Å². The number of nitrogens with zero attached hydrogens (tertiary/aromatic N) is 3. The number of aryl methyl sites for hydroxylation is 1. The lowest BCUT2D eigenvalue weighted by molar-refractivity contribution is -0.136. The minimum Gasteiger partial charge on any atom is -0.481 e. The Hall–Kier alpha value is -2.55. The molecule has 0 aromatic carbocycles. The van der Waals surface area contributed by atoms with Crippen LogP contribution in [0, 0.1) is 6.92 Å². The van der Waals surface area contributed by atoms with Crippen LogP contribution < -0.4 is 10.6 Å². The Morgan fingerprint density at radius 3 is 2.70 bits per heavy atom. The highest BCUT2D eigenvalue weighted by atomic mass is 32.1. The smallest absolute Gasteiger partial charge is 0.325 e. The van der Waals surface area contributed by atoms with Crippen LogP contribution in [0.1, 0.15) is 11.5 Å². The van der Waals surface area contributed by atoms with Gasteiger partial charge in [0.05, 0.1) is 24.0 Å². The quantitative estimate of drug-likeness (QED) is 0.786. The lowest BCUT2D eigenvalue weighted by Gasteiger charge is -2.05. The molecule has 2 aromatic rings. The summed E-state index contributed by atoms with van der Waals surface area (Å²) in [6.45, 7) is 1.73. The average Bonchev–Trinajstić information content (AvgIpc) is 2.76. The first-order valence-corrected chi connectivity index (χ1v) is 6.35. The van der Waals surface area contributed by atoms with Crippen molar-refractivity contribution < 1.29 is 14.7 Å². The van der Waals surface area contributed by atoms with Crippen molar-refractivity contribution in [1.29, 1.82) is 0 Å². The van der Waals surface area contributed by atoms with E-state index < -0.39 is 12.0 Å². The van der Waals surface area contributed by atoms with Gasteiger partial charge < -0.3 is 10.4 Å². The number of nitrogens with one attached hydrogen (secondary N) is 2. The summed E-state index contributed by atoms with van der Waals surface area (Å²) in [6.07, 6.45) is 1.24. The van der Waals surface area contributed by atoms with Gasteiger partial charge in [-0.05, 0) is 19.1 Å². The van der Waals surface area contributed by atoms with Crippen molar-refractivity contribution in [1.82, 2.24) is 14.3 Å². The monoisotopic (exact) mass is 293 g/mol. The number of urea groups is 1. The van der Waals surface area contributed by atoms with Gasteiger partial charge in [-0.15, -0.1) is 0 Å². The second-order valence-electron chi connectivity index (χ2n) is 3.83. The van der Waals surface area contributed by atoms with Crippen LogP contribution >= 0.6 is 11.5 Å². The van der Waals surface area contributed by atoms with E-state index in [2.05, 4.69) is 25.0 Å². The average molecular weight is 293 g/mol. The first-order chi connectivity index (χ1) is 9.52. The molecule has 2 heterocycles. The maximum atomic E-state index is 11.6. The largest absolute Gasteiger partial charge is 0.481 e. The van der Waals surface area contributed by atoms with Crippen LogP contribution in [0.25, 0.3) is 0 Å². The number of carboxylic acid groups (broad SMARTS) is 1. The first-order valence-electron chi connectivity index (χ1n) is 5.58. The Morgan fingerprint density at radius 1 is 1.35 bits per heavy atom. The summed E-state index contributed by atoms with van der Waals surface area (Å²) in [5, 5.41) is 14.1. The summed E-state index contributed by atoms with van der Waals surface area (Å²) in [5.41, 5.74) is 0.876. The molecule has 0 aliphatic heterocycles. The van der Waals surface area contributed by atoms with Crippen LogP contribution in [0.3, 0.4) is 0 Å². The third-order valence-electron chi connectivity index (χ3n) is 2.16. The van der Waals surface area contributed by atoms with Crippen LogP contribution in [0.15, 0.2) is 18.3 Å². The molecule has 9 heteroatoms. The Labute approximate surface area is 118 Å². The standard InChI is InChI=1S/C11H11N5O3S/c1-6-13-11(20-16-6)15-10(19)14-8-3-2-7(12-5-8)4-9(17)18/h2-3,5H,4H2,1H3,(H,17,18)(H2,13,14,15,16,19). The molecule has 20 heavy (non-hydrogen) atoms. The molecule has 104 valence electrons. The van der Waals surface area contributed by atoms with Crippen LogP contribution in [0.4, 0.5) is 15.6 Å². The zero-order valence-electron chi connectivity index (χ0n) is 10.5. The van der Waals surface area contributed by atoms with E-state index in [1.807, 2.05) is 0 Å². The van der Waals surface area contributed by atoms with Crippen molar-refractivity contribution in [3.05, 3.63) is 29.8 Å². The Balaban J connectivity index is 1.92. The topological polar surface area (TPSA) is 117 Å². The van der Waals surface area contributed by atoms with Crippen molar-refractivity contribution in [3.8, 4) is 0 Å². The molecule has 8 nitrogen and oxygen atoms in total. The molecule has 0 unspecified atom stereocenters. The molecule has 0 bridgehead atoms. The van der Waals surface area contributed by atoms with Crippen LogP contribution in [-0.2, 0) is 11.2 Å². The maximum Gasteiger partial charge on any atom is 0.325 e. The summed E-state index contributed by atoms with van der Waals surface area (Å²) in [5.74, 6) is -0.368. The Morgan fingerprint density at radius 2 is 2.15 bits per heavy atom. The predicted octanol–water partition coefficient (Wildman–Crippen LogP) is 1.51. The number of anilines is 2. The van der Waals surface area contributed by atoms with Gasteiger partial charge in [-0.2, -0.15) is 4.37 Å². The van der Waals surface area contributed by atoms with Gasteiger partial charge in [0.15, 0.2) is 0 Å². The second kappa shape index (κ2) is 6.06. The SMILES string of the molecule is Cc1nsc(NC(=O)Nc2ccc(CC(=O)O)nc2)n1. The highest BCUT2D eigenvalue weighted by molar-refractivity contribution is 7.09. The summed E-state index contributed by atoms with van der Waals surface area (Å²) >= 11 is 1.08. The summed E-state index contributed by atoms with van der Waals surface area (Å²) in [7, 11) is 0. The molecule has 0 saturated carbocycles. The zero-order chi connectivity index (χ0) is 14.5. The molecule has 0 fully saturated rings. The van der Waals surface area contributed by atoms with Gasteiger partial charge >= 0.3 is 12.0 Å². The van der Waals surface area contributed by atoms with Gasteiger partial charge in [-0.1, -0.05) is 0 Å². The number of hydrogen-bond acceptors (Lipinski definition) is 6. The number of rotatable bonds is 4. The van der Waals surface area contributed by atoms with Gasteiger partial charge in [0.1, 0.15) is 5.82 Å². The van der Waals surface area contributed by atoms with E-state index >= 15 is 0 Å². The van der Waals surface area contributed by atoms with E-state index in [0.29, 0.717) is 22.3 Å². The molecule has 2 aromatic heterocycles. The number of carbonyl (C=O) groups is 2. The highest BCUT2D eigenvalue weighted by Crippen LogP contribution is 2.11. The van der Waals surface area contributed by atoms with E-state index in [0.717, 1.165) is 11.5 Å². The van der Waals surface area contributed by atoms with E-state index in [1.54, 1.807) is 19.1 Å². The van der Waals surface area contributed by atoms with Crippen LogP contribution in [0.2, 0.25) is 0 Å². The number of pyridine rings is 1. The van der Waals surface area contributed by atoms with Gasteiger partial charge in [-0.3, -0.25) is 15.1 Å². The number of aliphatic carboxylic acids is 1. The van der Waals surface area contributed by atoms with Gasteiger partial charge in [-0.25, -0.2) is 9.78 Å². The Bertz CT molecular complexity index is 625. The molecule has 0 radical (unpaired) electrons. The lowest BCUT2D eigenvalue weighted by Crippen LogP contribution is -2.19. The molecule has 0 atom stereocenters. The number of aromatic nitrogens is 3. The molecule has 0 spiro atoms.